The highest BCUT2D eigenvalue weighted by atomic mass is 19.1. The van der Waals surface area contributed by atoms with Gasteiger partial charge in [0.25, 0.3) is 0 Å². The van der Waals surface area contributed by atoms with Gasteiger partial charge in [-0.05, 0) is 37.1 Å². The Bertz CT molecular complexity index is 310. The van der Waals surface area contributed by atoms with Crippen molar-refractivity contribution in [2.45, 2.75) is 18.9 Å². The van der Waals surface area contributed by atoms with E-state index in [1.54, 1.807) is 0 Å². The van der Waals surface area contributed by atoms with Crippen molar-refractivity contribution in [2.24, 2.45) is 5.73 Å². The molecule has 1 aliphatic rings. The first kappa shape index (κ1) is 10.6. The van der Waals surface area contributed by atoms with Crippen molar-refractivity contribution in [3.63, 3.8) is 0 Å². The van der Waals surface area contributed by atoms with Crippen LogP contribution in [0.1, 0.15) is 24.4 Å². The molecular formula is C12H17FN2. The van der Waals surface area contributed by atoms with Gasteiger partial charge in [0.1, 0.15) is 5.82 Å². The zero-order valence-electron chi connectivity index (χ0n) is 8.82. The summed E-state index contributed by atoms with van der Waals surface area (Å²) in [6, 6.07) is 7.28. The zero-order valence-corrected chi connectivity index (χ0v) is 8.82. The molecule has 0 amide bonds. The van der Waals surface area contributed by atoms with Gasteiger partial charge in [-0.25, -0.2) is 4.39 Å². The summed E-state index contributed by atoms with van der Waals surface area (Å²) in [5.74, 6) is -0.165. The van der Waals surface area contributed by atoms with Gasteiger partial charge in [0.2, 0.25) is 0 Å². The lowest BCUT2D eigenvalue weighted by atomic mass is 10.0. The first-order chi connectivity index (χ1) is 7.31. The van der Waals surface area contributed by atoms with Crippen LogP contribution in [0.3, 0.4) is 0 Å². The first-order valence-corrected chi connectivity index (χ1v) is 5.51. The number of halogens is 1. The van der Waals surface area contributed by atoms with E-state index in [1.165, 1.54) is 24.1 Å². The molecule has 0 unspecified atom stereocenters. The Labute approximate surface area is 89.9 Å². The van der Waals surface area contributed by atoms with E-state index < -0.39 is 0 Å². The highest BCUT2D eigenvalue weighted by Gasteiger charge is 2.24. The Balaban J connectivity index is 2.11. The van der Waals surface area contributed by atoms with Crippen molar-refractivity contribution in [3.8, 4) is 0 Å². The fraction of sp³-hybridized carbons (Fsp3) is 0.500. The van der Waals surface area contributed by atoms with Crippen LogP contribution in [0.4, 0.5) is 4.39 Å². The standard InChI is InChI=1S/C12H17FN2/c13-11-5-3-10(4-6-11)12-2-1-8-15(12)9-7-14/h3-6,12H,1-2,7-9,14H2/t12-/m0/s1. The molecule has 1 saturated heterocycles. The third kappa shape index (κ3) is 2.36. The maximum atomic E-state index is 12.8. The van der Waals surface area contributed by atoms with E-state index in [1.807, 2.05) is 12.1 Å². The van der Waals surface area contributed by atoms with Gasteiger partial charge >= 0.3 is 0 Å². The first-order valence-electron chi connectivity index (χ1n) is 5.51. The van der Waals surface area contributed by atoms with Crippen molar-refractivity contribution in [2.75, 3.05) is 19.6 Å². The lowest BCUT2D eigenvalue weighted by molar-refractivity contribution is 0.264. The zero-order chi connectivity index (χ0) is 10.7. The van der Waals surface area contributed by atoms with Gasteiger partial charge in [0.05, 0.1) is 0 Å². The quantitative estimate of drug-likeness (QED) is 0.822. The van der Waals surface area contributed by atoms with Gasteiger partial charge in [0.15, 0.2) is 0 Å². The van der Waals surface area contributed by atoms with E-state index in [2.05, 4.69) is 4.90 Å². The maximum absolute atomic E-state index is 12.8. The Morgan fingerprint density at radius 2 is 2.07 bits per heavy atom. The molecule has 0 aromatic heterocycles. The predicted molar refractivity (Wildman–Crippen MR) is 59.0 cm³/mol. The van der Waals surface area contributed by atoms with Gasteiger partial charge in [-0.2, -0.15) is 0 Å². The van der Waals surface area contributed by atoms with Crippen LogP contribution in [0.5, 0.6) is 0 Å². The smallest absolute Gasteiger partial charge is 0.123 e. The van der Waals surface area contributed by atoms with Crippen molar-refractivity contribution in [3.05, 3.63) is 35.6 Å². The molecule has 1 aromatic carbocycles. The Morgan fingerprint density at radius 3 is 2.73 bits per heavy atom. The minimum atomic E-state index is -0.165. The molecule has 3 heteroatoms. The average molecular weight is 208 g/mol. The second-order valence-electron chi connectivity index (χ2n) is 4.03. The van der Waals surface area contributed by atoms with Crippen LogP contribution in [0.25, 0.3) is 0 Å². The van der Waals surface area contributed by atoms with E-state index in [-0.39, 0.29) is 5.82 Å². The van der Waals surface area contributed by atoms with Crippen LogP contribution >= 0.6 is 0 Å². The Morgan fingerprint density at radius 1 is 1.33 bits per heavy atom. The minimum Gasteiger partial charge on any atom is -0.329 e. The summed E-state index contributed by atoms with van der Waals surface area (Å²) in [7, 11) is 0. The van der Waals surface area contributed by atoms with Gasteiger partial charge in [-0.15, -0.1) is 0 Å². The number of likely N-dealkylation sites (tertiary alicyclic amines) is 1. The second-order valence-corrected chi connectivity index (χ2v) is 4.03. The monoisotopic (exact) mass is 208 g/mol. The highest BCUT2D eigenvalue weighted by Crippen LogP contribution is 2.31. The van der Waals surface area contributed by atoms with E-state index in [9.17, 15) is 4.39 Å². The summed E-state index contributed by atoms with van der Waals surface area (Å²) in [5, 5.41) is 0. The van der Waals surface area contributed by atoms with E-state index >= 15 is 0 Å². The molecule has 2 N–H and O–H groups in total. The Hall–Kier alpha value is -0.930. The molecule has 1 atom stereocenters. The number of nitrogens with zero attached hydrogens (tertiary/aromatic N) is 1. The molecule has 2 rings (SSSR count). The van der Waals surface area contributed by atoms with Crippen molar-refractivity contribution >= 4 is 0 Å². The van der Waals surface area contributed by atoms with E-state index in [0.29, 0.717) is 12.6 Å². The molecular weight excluding hydrogens is 191 g/mol. The molecule has 0 bridgehead atoms. The molecule has 15 heavy (non-hydrogen) atoms. The lowest BCUT2D eigenvalue weighted by Gasteiger charge is -2.24. The highest BCUT2D eigenvalue weighted by molar-refractivity contribution is 5.20. The predicted octanol–water partition coefficient (Wildman–Crippen LogP) is 1.92. The van der Waals surface area contributed by atoms with Gasteiger partial charge < -0.3 is 5.73 Å². The normalized spacial score (nSPS) is 22.1. The molecule has 1 fully saturated rings. The lowest BCUT2D eigenvalue weighted by Crippen LogP contribution is -2.29. The molecule has 0 saturated carbocycles. The summed E-state index contributed by atoms with van der Waals surface area (Å²) in [5.41, 5.74) is 6.78. The average Bonchev–Trinajstić information content (AvgIpc) is 2.68. The molecule has 2 nitrogen and oxygen atoms in total. The van der Waals surface area contributed by atoms with Crippen molar-refractivity contribution < 1.29 is 4.39 Å². The van der Waals surface area contributed by atoms with Crippen LogP contribution < -0.4 is 5.73 Å². The molecule has 1 heterocycles. The van der Waals surface area contributed by atoms with Crippen LogP contribution in [-0.2, 0) is 0 Å². The summed E-state index contributed by atoms with van der Waals surface area (Å²) in [6.07, 6.45) is 2.37. The number of hydrogen-bond donors (Lipinski definition) is 1. The van der Waals surface area contributed by atoms with Crippen molar-refractivity contribution in [1.82, 2.24) is 4.90 Å². The van der Waals surface area contributed by atoms with E-state index in [0.717, 1.165) is 19.5 Å². The van der Waals surface area contributed by atoms with Gasteiger partial charge in [-0.3, -0.25) is 4.90 Å². The number of rotatable bonds is 3. The number of hydrogen-bond acceptors (Lipinski definition) is 2. The SMILES string of the molecule is NCCN1CCC[C@H]1c1ccc(F)cc1. The third-order valence-electron chi connectivity index (χ3n) is 3.03. The number of nitrogens with two attached hydrogens (primary N) is 1. The fourth-order valence-corrected chi connectivity index (χ4v) is 2.32. The molecule has 0 radical (unpaired) electrons. The number of benzene rings is 1. The van der Waals surface area contributed by atoms with Gasteiger partial charge in [0, 0.05) is 19.1 Å². The topological polar surface area (TPSA) is 29.3 Å². The minimum absolute atomic E-state index is 0.165. The van der Waals surface area contributed by atoms with Crippen LogP contribution in [0.15, 0.2) is 24.3 Å². The second kappa shape index (κ2) is 4.73. The Kier molecular flexibility index (Phi) is 3.34. The molecule has 82 valence electrons. The van der Waals surface area contributed by atoms with Gasteiger partial charge in [-0.1, -0.05) is 12.1 Å². The fourth-order valence-electron chi connectivity index (χ4n) is 2.32. The van der Waals surface area contributed by atoms with Crippen LogP contribution in [-0.4, -0.2) is 24.5 Å². The maximum Gasteiger partial charge on any atom is 0.123 e. The summed E-state index contributed by atoms with van der Waals surface area (Å²) < 4.78 is 12.8. The molecule has 1 aromatic rings. The molecule has 0 spiro atoms. The molecule has 1 aliphatic heterocycles. The summed E-state index contributed by atoms with van der Waals surface area (Å²) in [4.78, 5) is 2.38. The molecule has 0 aliphatic carbocycles. The van der Waals surface area contributed by atoms with Crippen LogP contribution in [0.2, 0.25) is 0 Å². The summed E-state index contributed by atoms with van der Waals surface area (Å²) >= 11 is 0. The summed E-state index contributed by atoms with van der Waals surface area (Å²) in [6.45, 7) is 2.74. The van der Waals surface area contributed by atoms with Crippen molar-refractivity contribution in [1.29, 1.82) is 0 Å². The van der Waals surface area contributed by atoms with Crippen LogP contribution in [0, 0.1) is 5.82 Å². The largest absolute Gasteiger partial charge is 0.329 e. The van der Waals surface area contributed by atoms with E-state index in [4.69, 9.17) is 5.73 Å². The third-order valence-corrected chi connectivity index (χ3v) is 3.03.